The second-order valence-corrected chi connectivity index (χ2v) is 5.11. The molecule has 1 aliphatic rings. The fraction of sp³-hybridized carbons (Fsp3) is 0.556. The number of thiazole rings is 1. The second-order valence-electron chi connectivity index (χ2n) is 3.44. The van der Waals surface area contributed by atoms with Gasteiger partial charge in [0.1, 0.15) is 21.8 Å². The number of carbonyl (C=O) groups is 1. The number of ether oxygens (including phenoxy) is 2. The molecular weight excluding hydrogens is 296 g/mol. The van der Waals surface area contributed by atoms with Gasteiger partial charge < -0.3 is 14.8 Å². The Morgan fingerprint density at radius 3 is 2.94 bits per heavy atom. The molecule has 2 heterocycles. The number of nitrogens with one attached hydrogen (secondary N) is 1. The molecule has 0 aliphatic carbocycles. The molecule has 0 aromatic carbocycles. The molecule has 1 saturated heterocycles. The van der Waals surface area contributed by atoms with E-state index in [-0.39, 0.29) is 12.6 Å². The summed E-state index contributed by atoms with van der Waals surface area (Å²) >= 11 is 4.82. The molecule has 16 heavy (non-hydrogen) atoms. The van der Waals surface area contributed by atoms with Gasteiger partial charge >= 0.3 is 5.97 Å². The fourth-order valence-corrected chi connectivity index (χ4v) is 2.79. The van der Waals surface area contributed by atoms with Crippen LogP contribution in [0.1, 0.15) is 5.01 Å². The molecule has 5 nitrogen and oxygen atoms in total. The van der Waals surface area contributed by atoms with E-state index in [2.05, 4.69) is 31.0 Å². The van der Waals surface area contributed by atoms with Crippen LogP contribution in [0.2, 0.25) is 0 Å². The molecule has 0 bridgehead atoms. The summed E-state index contributed by atoms with van der Waals surface area (Å²) in [5.41, 5.74) is -0.467. The third-order valence-electron chi connectivity index (χ3n) is 2.38. The Hall–Kier alpha value is -0.500. The van der Waals surface area contributed by atoms with Gasteiger partial charge in [0.15, 0.2) is 0 Å². The fourth-order valence-electron chi connectivity index (χ4n) is 1.39. The first-order valence-electron chi connectivity index (χ1n) is 4.69. The molecule has 1 aromatic rings. The first kappa shape index (κ1) is 12.0. The highest BCUT2D eigenvalue weighted by Gasteiger charge is 2.43. The zero-order chi connectivity index (χ0) is 11.6. The van der Waals surface area contributed by atoms with Crippen LogP contribution in [0, 0.1) is 0 Å². The average molecular weight is 307 g/mol. The van der Waals surface area contributed by atoms with E-state index in [9.17, 15) is 4.79 Å². The third-order valence-corrected chi connectivity index (χ3v) is 4.12. The van der Waals surface area contributed by atoms with E-state index >= 15 is 0 Å². The summed E-state index contributed by atoms with van der Waals surface area (Å²) in [6.45, 7) is 1.29. The second kappa shape index (κ2) is 4.79. The predicted octanol–water partition coefficient (Wildman–Crippen LogP) is 0.894. The zero-order valence-corrected chi connectivity index (χ0v) is 11.1. The maximum Gasteiger partial charge on any atom is 0.331 e. The number of rotatable bonds is 4. The highest BCUT2D eigenvalue weighted by molar-refractivity contribution is 9.10. The SMILES string of the molecule is COC(=O)COC1(c2nc(Br)cs2)CNC1. The number of aromatic nitrogens is 1. The lowest BCUT2D eigenvalue weighted by atomic mass is 9.98. The molecule has 0 radical (unpaired) electrons. The first-order chi connectivity index (χ1) is 7.66. The summed E-state index contributed by atoms with van der Waals surface area (Å²) in [4.78, 5) is 15.4. The van der Waals surface area contributed by atoms with Crippen LogP contribution in [0.3, 0.4) is 0 Å². The van der Waals surface area contributed by atoms with E-state index in [1.54, 1.807) is 0 Å². The van der Waals surface area contributed by atoms with Gasteiger partial charge in [-0.3, -0.25) is 0 Å². The van der Waals surface area contributed by atoms with Crippen molar-refractivity contribution >= 4 is 33.2 Å². The van der Waals surface area contributed by atoms with Crippen LogP contribution in [-0.2, 0) is 19.9 Å². The van der Waals surface area contributed by atoms with Crippen LogP contribution in [0.15, 0.2) is 9.98 Å². The molecule has 88 valence electrons. The molecule has 1 N–H and O–H groups in total. The topological polar surface area (TPSA) is 60.5 Å². The van der Waals surface area contributed by atoms with Crippen LogP contribution in [0.4, 0.5) is 0 Å². The quantitative estimate of drug-likeness (QED) is 0.837. The van der Waals surface area contributed by atoms with Gasteiger partial charge in [0.05, 0.1) is 7.11 Å². The lowest BCUT2D eigenvalue weighted by molar-refractivity contribution is -0.158. The first-order valence-corrected chi connectivity index (χ1v) is 6.36. The van der Waals surface area contributed by atoms with Crippen LogP contribution < -0.4 is 5.32 Å². The number of halogens is 1. The minimum atomic E-state index is -0.467. The monoisotopic (exact) mass is 306 g/mol. The molecule has 0 amide bonds. The molecule has 0 atom stereocenters. The van der Waals surface area contributed by atoms with Crippen LogP contribution >= 0.6 is 27.3 Å². The maximum atomic E-state index is 11.0. The Morgan fingerprint density at radius 2 is 2.50 bits per heavy atom. The van der Waals surface area contributed by atoms with Gasteiger partial charge in [-0.2, -0.15) is 0 Å². The van der Waals surface area contributed by atoms with Gasteiger partial charge in [-0.25, -0.2) is 9.78 Å². The maximum absolute atomic E-state index is 11.0. The van der Waals surface area contributed by atoms with Crippen molar-refractivity contribution < 1.29 is 14.3 Å². The molecule has 0 saturated carbocycles. The van der Waals surface area contributed by atoms with Crippen molar-refractivity contribution in [3.63, 3.8) is 0 Å². The van der Waals surface area contributed by atoms with Gasteiger partial charge in [-0.05, 0) is 15.9 Å². The summed E-state index contributed by atoms with van der Waals surface area (Å²) in [7, 11) is 1.34. The van der Waals surface area contributed by atoms with Crippen LogP contribution in [-0.4, -0.2) is 37.8 Å². The average Bonchev–Trinajstić information content (AvgIpc) is 2.63. The van der Waals surface area contributed by atoms with E-state index in [1.807, 2.05) is 5.38 Å². The number of methoxy groups -OCH3 is 1. The Balaban J connectivity index is 2.05. The highest BCUT2D eigenvalue weighted by Crippen LogP contribution is 2.33. The molecular formula is C9H11BrN2O3S. The number of nitrogens with zero attached hydrogens (tertiary/aromatic N) is 1. The summed E-state index contributed by atoms with van der Waals surface area (Å²) in [5.74, 6) is -0.373. The molecule has 7 heteroatoms. The summed E-state index contributed by atoms with van der Waals surface area (Å²) < 4.78 is 10.9. The standard InChI is InChI=1S/C9H11BrN2O3S/c1-14-7(13)2-15-9(4-11-5-9)8-12-6(10)3-16-8/h3,11H,2,4-5H2,1H3. The number of hydrogen-bond acceptors (Lipinski definition) is 6. The van der Waals surface area contributed by atoms with E-state index in [0.717, 1.165) is 9.61 Å². The van der Waals surface area contributed by atoms with Crippen LogP contribution in [0.5, 0.6) is 0 Å². The molecule has 1 aromatic heterocycles. The van der Waals surface area contributed by atoms with Gasteiger partial charge in [-0.15, -0.1) is 11.3 Å². The van der Waals surface area contributed by atoms with E-state index < -0.39 is 5.60 Å². The van der Waals surface area contributed by atoms with Gasteiger partial charge in [0, 0.05) is 18.5 Å². The van der Waals surface area contributed by atoms with Crippen molar-refractivity contribution in [1.82, 2.24) is 10.3 Å². The number of hydrogen-bond donors (Lipinski definition) is 1. The Bertz CT molecular complexity index is 392. The predicted molar refractivity (Wildman–Crippen MR) is 62.3 cm³/mol. The molecule has 1 fully saturated rings. The van der Waals surface area contributed by atoms with Gasteiger partial charge in [0.25, 0.3) is 0 Å². The van der Waals surface area contributed by atoms with Crippen molar-refractivity contribution in [3.05, 3.63) is 15.0 Å². The van der Waals surface area contributed by atoms with E-state index in [4.69, 9.17) is 4.74 Å². The summed E-state index contributed by atoms with van der Waals surface area (Å²) in [5, 5.41) is 5.90. The van der Waals surface area contributed by atoms with Crippen molar-refractivity contribution in [1.29, 1.82) is 0 Å². The molecule has 0 spiro atoms. The third kappa shape index (κ3) is 2.27. The van der Waals surface area contributed by atoms with Crippen molar-refractivity contribution in [2.45, 2.75) is 5.60 Å². The van der Waals surface area contributed by atoms with E-state index in [0.29, 0.717) is 13.1 Å². The Labute approximate surface area is 105 Å². The molecule has 2 rings (SSSR count). The highest BCUT2D eigenvalue weighted by atomic mass is 79.9. The smallest absolute Gasteiger partial charge is 0.331 e. The Morgan fingerprint density at radius 1 is 1.75 bits per heavy atom. The normalized spacial score (nSPS) is 17.9. The lowest BCUT2D eigenvalue weighted by Gasteiger charge is -2.40. The van der Waals surface area contributed by atoms with Crippen LogP contribution in [0.25, 0.3) is 0 Å². The minimum Gasteiger partial charge on any atom is -0.467 e. The van der Waals surface area contributed by atoms with Gasteiger partial charge in [0.2, 0.25) is 0 Å². The molecule has 1 aliphatic heterocycles. The van der Waals surface area contributed by atoms with Crippen molar-refractivity contribution in [2.75, 3.05) is 26.8 Å². The zero-order valence-electron chi connectivity index (χ0n) is 8.66. The Kier molecular flexibility index (Phi) is 3.58. The number of carbonyl (C=O) groups excluding carboxylic acids is 1. The van der Waals surface area contributed by atoms with Gasteiger partial charge in [-0.1, -0.05) is 0 Å². The largest absolute Gasteiger partial charge is 0.467 e. The summed E-state index contributed by atoms with van der Waals surface area (Å²) in [6, 6.07) is 0. The summed E-state index contributed by atoms with van der Waals surface area (Å²) in [6.07, 6.45) is 0. The van der Waals surface area contributed by atoms with Crippen molar-refractivity contribution in [2.24, 2.45) is 0 Å². The molecule has 0 unspecified atom stereocenters. The number of esters is 1. The lowest BCUT2D eigenvalue weighted by Crippen LogP contribution is -2.59. The van der Waals surface area contributed by atoms with Crippen molar-refractivity contribution in [3.8, 4) is 0 Å². The van der Waals surface area contributed by atoms with E-state index in [1.165, 1.54) is 18.4 Å². The minimum absolute atomic E-state index is 0.0463.